The molecule has 0 aliphatic carbocycles. The van der Waals surface area contributed by atoms with E-state index in [4.69, 9.17) is 0 Å². The van der Waals surface area contributed by atoms with Gasteiger partial charge >= 0.3 is 0 Å². The van der Waals surface area contributed by atoms with Crippen molar-refractivity contribution in [1.29, 1.82) is 0 Å². The summed E-state index contributed by atoms with van der Waals surface area (Å²) in [5.41, 5.74) is 1.59. The van der Waals surface area contributed by atoms with Crippen molar-refractivity contribution in [2.24, 2.45) is 0 Å². The van der Waals surface area contributed by atoms with Gasteiger partial charge in [0.15, 0.2) is 6.29 Å². The molecule has 3 heteroatoms. The van der Waals surface area contributed by atoms with E-state index in [1.807, 2.05) is 13.0 Å². The van der Waals surface area contributed by atoms with Crippen LogP contribution in [0.25, 0.3) is 0 Å². The van der Waals surface area contributed by atoms with Crippen LogP contribution in [0, 0.1) is 6.92 Å². The number of nitrogens with zero attached hydrogens (tertiary/aromatic N) is 1. The zero-order valence-corrected chi connectivity index (χ0v) is 6.59. The number of hydrogen-bond donors (Lipinski definition) is 1. The number of aldehydes is 1. The molecule has 1 aromatic rings. The number of carbonyl (C=O) groups excluding carboxylic acids is 1. The molecule has 0 unspecified atom stereocenters. The molecular weight excluding hydrogens is 140 g/mol. The zero-order chi connectivity index (χ0) is 8.27. The lowest BCUT2D eigenvalue weighted by Crippen LogP contribution is -1.95. The van der Waals surface area contributed by atoms with Crippen LogP contribution in [0.2, 0.25) is 0 Å². The first-order valence-electron chi connectivity index (χ1n) is 3.37. The van der Waals surface area contributed by atoms with Crippen molar-refractivity contribution in [3.8, 4) is 0 Å². The molecule has 0 radical (unpaired) electrons. The second-order valence-corrected chi connectivity index (χ2v) is 2.29. The van der Waals surface area contributed by atoms with E-state index in [-0.39, 0.29) is 0 Å². The van der Waals surface area contributed by atoms with Crippen LogP contribution in [0.1, 0.15) is 15.9 Å². The van der Waals surface area contributed by atoms with E-state index in [2.05, 4.69) is 10.3 Å². The summed E-state index contributed by atoms with van der Waals surface area (Å²) in [6.45, 7) is 1.88. The van der Waals surface area contributed by atoms with E-state index >= 15 is 0 Å². The molecule has 0 fully saturated rings. The highest BCUT2D eigenvalue weighted by atomic mass is 16.1. The molecule has 0 amide bonds. The van der Waals surface area contributed by atoms with E-state index < -0.39 is 0 Å². The second kappa shape index (κ2) is 3.14. The largest absolute Gasteiger partial charge is 0.373 e. The van der Waals surface area contributed by atoms with Crippen LogP contribution in [0.3, 0.4) is 0 Å². The number of anilines is 1. The molecule has 0 saturated heterocycles. The van der Waals surface area contributed by atoms with Crippen LogP contribution >= 0.6 is 0 Å². The van der Waals surface area contributed by atoms with Gasteiger partial charge in [0, 0.05) is 18.8 Å². The SMILES string of the molecule is CNc1cc(C)c(C=O)cn1. The smallest absolute Gasteiger partial charge is 0.151 e. The summed E-state index contributed by atoms with van der Waals surface area (Å²) < 4.78 is 0. The van der Waals surface area contributed by atoms with E-state index in [0.717, 1.165) is 17.7 Å². The number of carbonyl (C=O) groups is 1. The fourth-order valence-electron chi connectivity index (χ4n) is 0.827. The van der Waals surface area contributed by atoms with Crippen LogP contribution in [0.4, 0.5) is 5.82 Å². The van der Waals surface area contributed by atoms with Gasteiger partial charge in [0.05, 0.1) is 0 Å². The molecule has 0 aromatic carbocycles. The van der Waals surface area contributed by atoms with Gasteiger partial charge in [-0.15, -0.1) is 0 Å². The number of aryl methyl sites for hydroxylation is 1. The number of nitrogens with one attached hydrogen (secondary N) is 1. The summed E-state index contributed by atoms with van der Waals surface area (Å²) in [5, 5.41) is 2.89. The normalized spacial score (nSPS) is 9.27. The Morgan fingerprint density at radius 1 is 1.64 bits per heavy atom. The first kappa shape index (κ1) is 7.72. The summed E-state index contributed by atoms with van der Waals surface area (Å²) in [7, 11) is 1.79. The van der Waals surface area contributed by atoms with Gasteiger partial charge in [0.2, 0.25) is 0 Å². The third kappa shape index (κ3) is 1.55. The maximum atomic E-state index is 10.4. The third-order valence-electron chi connectivity index (χ3n) is 1.53. The molecule has 3 nitrogen and oxygen atoms in total. The van der Waals surface area contributed by atoms with Crippen molar-refractivity contribution in [2.45, 2.75) is 6.92 Å². The van der Waals surface area contributed by atoms with Gasteiger partial charge in [-0.1, -0.05) is 0 Å². The quantitative estimate of drug-likeness (QED) is 0.645. The first-order chi connectivity index (χ1) is 5.27. The van der Waals surface area contributed by atoms with E-state index in [1.165, 1.54) is 0 Å². The fraction of sp³-hybridized carbons (Fsp3) is 0.250. The molecule has 1 rings (SSSR count). The van der Waals surface area contributed by atoms with Gasteiger partial charge in [-0.05, 0) is 18.6 Å². The Morgan fingerprint density at radius 3 is 2.82 bits per heavy atom. The number of aromatic nitrogens is 1. The van der Waals surface area contributed by atoms with E-state index in [1.54, 1.807) is 13.2 Å². The molecule has 0 saturated carbocycles. The Hall–Kier alpha value is -1.38. The maximum Gasteiger partial charge on any atom is 0.151 e. The minimum atomic E-state index is 0.643. The molecule has 1 heterocycles. The number of pyridine rings is 1. The molecule has 58 valence electrons. The van der Waals surface area contributed by atoms with Gasteiger partial charge in [-0.25, -0.2) is 4.98 Å². The summed E-state index contributed by atoms with van der Waals surface area (Å²) in [6.07, 6.45) is 2.37. The first-order valence-corrected chi connectivity index (χ1v) is 3.37. The lowest BCUT2D eigenvalue weighted by Gasteiger charge is -2.00. The van der Waals surface area contributed by atoms with Crippen LogP contribution < -0.4 is 5.32 Å². The third-order valence-corrected chi connectivity index (χ3v) is 1.53. The van der Waals surface area contributed by atoms with Gasteiger partial charge < -0.3 is 5.32 Å². The average Bonchev–Trinajstić information content (AvgIpc) is 2.04. The van der Waals surface area contributed by atoms with Crippen molar-refractivity contribution >= 4 is 12.1 Å². The molecule has 0 aliphatic rings. The van der Waals surface area contributed by atoms with Gasteiger partial charge in [0.1, 0.15) is 5.82 Å². The predicted octanol–water partition coefficient (Wildman–Crippen LogP) is 1.24. The monoisotopic (exact) mass is 150 g/mol. The minimum absolute atomic E-state index is 0.643. The highest BCUT2D eigenvalue weighted by Gasteiger charge is 1.97. The number of rotatable bonds is 2. The van der Waals surface area contributed by atoms with Crippen LogP contribution in [0.5, 0.6) is 0 Å². The van der Waals surface area contributed by atoms with Crippen molar-refractivity contribution in [1.82, 2.24) is 4.98 Å². The van der Waals surface area contributed by atoms with Crippen LogP contribution in [-0.4, -0.2) is 18.3 Å². The maximum absolute atomic E-state index is 10.4. The Bertz CT molecular complexity index is 271. The van der Waals surface area contributed by atoms with Crippen LogP contribution in [-0.2, 0) is 0 Å². The topological polar surface area (TPSA) is 42.0 Å². The number of hydrogen-bond acceptors (Lipinski definition) is 3. The molecule has 0 bridgehead atoms. The lowest BCUT2D eigenvalue weighted by atomic mass is 10.2. The summed E-state index contributed by atoms with van der Waals surface area (Å²) in [6, 6.07) is 1.84. The van der Waals surface area contributed by atoms with Crippen LogP contribution in [0.15, 0.2) is 12.3 Å². The molecule has 1 aromatic heterocycles. The highest BCUT2D eigenvalue weighted by molar-refractivity contribution is 5.77. The molecule has 11 heavy (non-hydrogen) atoms. The second-order valence-electron chi connectivity index (χ2n) is 2.29. The van der Waals surface area contributed by atoms with Crippen molar-refractivity contribution in [3.05, 3.63) is 23.4 Å². The van der Waals surface area contributed by atoms with Gasteiger partial charge in [-0.3, -0.25) is 4.79 Å². The summed E-state index contributed by atoms with van der Waals surface area (Å²) >= 11 is 0. The Labute approximate surface area is 65.5 Å². The molecule has 0 atom stereocenters. The molecule has 1 N–H and O–H groups in total. The molecule has 0 aliphatic heterocycles. The van der Waals surface area contributed by atoms with Gasteiger partial charge in [-0.2, -0.15) is 0 Å². The lowest BCUT2D eigenvalue weighted by molar-refractivity contribution is 0.112. The van der Waals surface area contributed by atoms with E-state index in [9.17, 15) is 4.79 Å². The predicted molar refractivity (Wildman–Crippen MR) is 43.9 cm³/mol. The summed E-state index contributed by atoms with van der Waals surface area (Å²) in [5.74, 6) is 0.785. The highest BCUT2D eigenvalue weighted by Crippen LogP contribution is 2.08. The summed E-state index contributed by atoms with van der Waals surface area (Å²) in [4.78, 5) is 14.4. The molecular formula is C8H10N2O. The van der Waals surface area contributed by atoms with Crippen molar-refractivity contribution in [3.63, 3.8) is 0 Å². The minimum Gasteiger partial charge on any atom is -0.373 e. The van der Waals surface area contributed by atoms with Crippen molar-refractivity contribution in [2.75, 3.05) is 12.4 Å². The van der Waals surface area contributed by atoms with Gasteiger partial charge in [0.25, 0.3) is 0 Å². The average molecular weight is 150 g/mol. The van der Waals surface area contributed by atoms with E-state index in [0.29, 0.717) is 5.56 Å². The Morgan fingerprint density at radius 2 is 2.36 bits per heavy atom. The zero-order valence-electron chi connectivity index (χ0n) is 6.59. The fourth-order valence-corrected chi connectivity index (χ4v) is 0.827. The van der Waals surface area contributed by atoms with Crippen molar-refractivity contribution < 1.29 is 4.79 Å². The Balaban J connectivity index is 3.09. The molecule has 0 spiro atoms. The standard InChI is InChI=1S/C8H10N2O/c1-6-3-8(9-2)10-4-7(6)5-11/h3-5H,1-2H3,(H,9,10). The Kier molecular flexibility index (Phi) is 2.21.